The van der Waals surface area contributed by atoms with Gasteiger partial charge in [-0.15, -0.1) is 17.0 Å². The van der Waals surface area contributed by atoms with Crippen molar-refractivity contribution in [2.75, 3.05) is 0 Å². The molecule has 0 saturated carbocycles. The first-order valence-electron chi connectivity index (χ1n) is 2.17. The van der Waals surface area contributed by atoms with Crippen molar-refractivity contribution >= 4 is 17.0 Å². The van der Waals surface area contributed by atoms with Crippen LogP contribution in [0.3, 0.4) is 0 Å². The number of aromatic amines is 1. The van der Waals surface area contributed by atoms with Crippen molar-refractivity contribution < 1.29 is 5.11 Å². The zero-order valence-corrected chi connectivity index (χ0v) is 6.21. The van der Waals surface area contributed by atoms with Gasteiger partial charge < -0.3 is 10.1 Å². The lowest BCUT2D eigenvalue weighted by Gasteiger charge is -1.83. The van der Waals surface area contributed by atoms with Crippen molar-refractivity contribution in [3.05, 3.63) is 28.7 Å². The Balaban J connectivity index is 0.000000640. The van der Waals surface area contributed by atoms with E-state index in [9.17, 15) is 4.79 Å². The topological polar surface area (TPSA) is 53.1 Å². The number of halogens is 1. The standard InChI is InChI=1S/C5H5NO2.BrH/c7-4-1-2-6-3-5(4)8;/h1-3,8H,(H,6,7);1H. The highest BCUT2D eigenvalue weighted by Crippen LogP contribution is 1.90. The largest absolute Gasteiger partial charge is 0.503 e. The second-order valence-electron chi connectivity index (χ2n) is 1.39. The highest BCUT2D eigenvalue weighted by molar-refractivity contribution is 8.93. The van der Waals surface area contributed by atoms with Gasteiger partial charge in [-0.3, -0.25) is 4.79 Å². The predicted octanol–water partition coefficient (Wildman–Crippen LogP) is 0.658. The van der Waals surface area contributed by atoms with Crippen LogP contribution >= 0.6 is 17.0 Å². The molecule has 0 aromatic carbocycles. The number of rotatable bonds is 0. The maximum Gasteiger partial charge on any atom is 0.223 e. The van der Waals surface area contributed by atoms with Gasteiger partial charge in [-0.25, -0.2) is 0 Å². The van der Waals surface area contributed by atoms with Gasteiger partial charge in [0.25, 0.3) is 0 Å². The van der Waals surface area contributed by atoms with Crippen LogP contribution in [-0.2, 0) is 0 Å². The van der Waals surface area contributed by atoms with Gasteiger partial charge in [0.2, 0.25) is 5.43 Å². The molecule has 0 radical (unpaired) electrons. The van der Waals surface area contributed by atoms with E-state index in [2.05, 4.69) is 4.98 Å². The predicted molar refractivity (Wildman–Crippen MR) is 39.0 cm³/mol. The van der Waals surface area contributed by atoms with Crippen molar-refractivity contribution in [1.82, 2.24) is 4.98 Å². The third kappa shape index (κ3) is 1.89. The van der Waals surface area contributed by atoms with Crippen LogP contribution in [0.1, 0.15) is 0 Å². The average Bonchev–Trinajstić information content (AvgIpc) is 1.77. The van der Waals surface area contributed by atoms with Crippen molar-refractivity contribution in [2.45, 2.75) is 0 Å². The summed E-state index contributed by atoms with van der Waals surface area (Å²) in [5.74, 6) is -0.243. The fraction of sp³-hybridized carbons (Fsp3) is 0. The van der Waals surface area contributed by atoms with E-state index in [4.69, 9.17) is 5.11 Å². The van der Waals surface area contributed by atoms with E-state index in [1.54, 1.807) is 0 Å². The second kappa shape index (κ2) is 3.29. The average molecular weight is 192 g/mol. The fourth-order valence-electron chi connectivity index (χ4n) is 0.407. The molecule has 1 aromatic rings. The van der Waals surface area contributed by atoms with Gasteiger partial charge in [0.15, 0.2) is 5.75 Å². The van der Waals surface area contributed by atoms with Gasteiger partial charge in [0.1, 0.15) is 0 Å². The molecule has 0 aliphatic rings. The van der Waals surface area contributed by atoms with Gasteiger partial charge in [-0.05, 0) is 0 Å². The number of hydrogen-bond donors (Lipinski definition) is 2. The molecule has 3 nitrogen and oxygen atoms in total. The number of H-pyrrole nitrogens is 1. The van der Waals surface area contributed by atoms with E-state index in [0.29, 0.717) is 0 Å². The summed E-state index contributed by atoms with van der Waals surface area (Å²) < 4.78 is 0. The Bertz CT molecular complexity index is 232. The van der Waals surface area contributed by atoms with Crippen LogP contribution in [0.4, 0.5) is 0 Å². The summed E-state index contributed by atoms with van der Waals surface area (Å²) in [5.41, 5.74) is -0.358. The zero-order valence-electron chi connectivity index (χ0n) is 4.50. The molecule has 2 N–H and O–H groups in total. The Morgan fingerprint density at radius 2 is 2.22 bits per heavy atom. The molecule has 4 heteroatoms. The molecule has 0 unspecified atom stereocenters. The van der Waals surface area contributed by atoms with E-state index >= 15 is 0 Å². The minimum atomic E-state index is -0.358. The summed E-state index contributed by atoms with van der Waals surface area (Å²) in [6, 6.07) is 1.26. The molecule has 0 atom stereocenters. The number of aromatic hydroxyl groups is 1. The lowest BCUT2D eigenvalue weighted by molar-refractivity contribution is 0.467. The van der Waals surface area contributed by atoms with Crippen molar-refractivity contribution in [3.63, 3.8) is 0 Å². The van der Waals surface area contributed by atoms with Crippen LogP contribution in [0.5, 0.6) is 5.75 Å². The summed E-state index contributed by atoms with van der Waals surface area (Å²) in [7, 11) is 0. The van der Waals surface area contributed by atoms with Crippen LogP contribution < -0.4 is 5.43 Å². The molecule has 1 aromatic heterocycles. The van der Waals surface area contributed by atoms with Gasteiger partial charge in [-0.1, -0.05) is 0 Å². The molecule has 9 heavy (non-hydrogen) atoms. The Morgan fingerprint density at radius 1 is 1.56 bits per heavy atom. The van der Waals surface area contributed by atoms with Gasteiger partial charge >= 0.3 is 0 Å². The summed E-state index contributed by atoms with van der Waals surface area (Å²) in [4.78, 5) is 12.9. The van der Waals surface area contributed by atoms with E-state index in [1.165, 1.54) is 18.5 Å². The third-order valence-corrected chi connectivity index (χ3v) is 0.803. The van der Waals surface area contributed by atoms with Crippen molar-refractivity contribution in [2.24, 2.45) is 0 Å². The van der Waals surface area contributed by atoms with E-state index in [0.717, 1.165) is 0 Å². The molecule has 1 heterocycles. The molecule has 0 fully saturated rings. The Kier molecular flexibility index (Phi) is 3.01. The van der Waals surface area contributed by atoms with Crippen LogP contribution in [0.15, 0.2) is 23.3 Å². The van der Waals surface area contributed by atoms with Gasteiger partial charge in [-0.2, -0.15) is 0 Å². The Labute approximate surface area is 62.1 Å². The molecule has 0 saturated heterocycles. The molecule has 0 amide bonds. The van der Waals surface area contributed by atoms with Gasteiger partial charge in [0.05, 0.1) is 0 Å². The van der Waals surface area contributed by atoms with E-state index < -0.39 is 0 Å². The minimum absolute atomic E-state index is 0. The van der Waals surface area contributed by atoms with E-state index in [-0.39, 0.29) is 28.2 Å². The van der Waals surface area contributed by atoms with Crippen LogP contribution in [-0.4, -0.2) is 10.1 Å². The molecule has 0 bridgehead atoms. The molecule has 0 aliphatic heterocycles. The molecular formula is C5H6BrNO2. The SMILES string of the molecule is Br.O=c1cc[nH]cc1O. The first-order valence-corrected chi connectivity index (χ1v) is 2.17. The van der Waals surface area contributed by atoms with Crippen LogP contribution in [0, 0.1) is 0 Å². The smallest absolute Gasteiger partial charge is 0.223 e. The number of nitrogens with one attached hydrogen (secondary N) is 1. The summed E-state index contributed by atoms with van der Waals surface area (Å²) in [6.07, 6.45) is 2.70. The maximum atomic E-state index is 10.3. The lowest BCUT2D eigenvalue weighted by Crippen LogP contribution is -1.95. The van der Waals surface area contributed by atoms with Crippen LogP contribution in [0.25, 0.3) is 0 Å². The van der Waals surface area contributed by atoms with Crippen molar-refractivity contribution in [3.8, 4) is 5.75 Å². The minimum Gasteiger partial charge on any atom is -0.503 e. The zero-order chi connectivity index (χ0) is 5.98. The second-order valence-corrected chi connectivity index (χ2v) is 1.39. The molecule has 50 valence electrons. The lowest BCUT2D eigenvalue weighted by atomic mass is 10.4. The molecule has 1 rings (SSSR count). The van der Waals surface area contributed by atoms with Gasteiger partial charge in [0, 0.05) is 18.5 Å². The first-order chi connectivity index (χ1) is 3.80. The van der Waals surface area contributed by atoms with Crippen LogP contribution in [0.2, 0.25) is 0 Å². The highest BCUT2D eigenvalue weighted by Gasteiger charge is 1.87. The quantitative estimate of drug-likeness (QED) is 0.634. The van der Waals surface area contributed by atoms with Crippen molar-refractivity contribution in [1.29, 1.82) is 0 Å². The molecule has 0 spiro atoms. The number of pyridine rings is 1. The molecular weight excluding hydrogens is 186 g/mol. The molecule has 0 aliphatic carbocycles. The highest BCUT2D eigenvalue weighted by atomic mass is 79.9. The summed E-state index contributed by atoms with van der Waals surface area (Å²) in [5, 5.41) is 8.58. The first kappa shape index (κ1) is 8.23. The third-order valence-electron chi connectivity index (χ3n) is 0.803. The maximum absolute atomic E-state index is 10.3. The summed E-state index contributed by atoms with van der Waals surface area (Å²) in [6.45, 7) is 0. The van der Waals surface area contributed by atoms with E-state index in [1.807, 2.05) is 0 Å². The Morgan fingerprint density at radius 3 is 2.56 bits per heavy atom. The normalized spacial score (nSPS) is 8.00. The fourth-order valence-corrected chi connectivity index (χ4v) is 0.407. The number of hydrogen-bond acceptors (Lipinski definition) is 2. The number of aromatic nitrogens is 1. The Hall–Kier alpha value is -0.770. The monoisotopic (exact) mass is 191 g/mol. The summed E-state index contributed by atoms with van der Waals surface area (Å²) >= 11 is 0.